The molecule has 1 saturated heterocycles. The van der Waals surface area contributed by atoms with E-state index in [0.29, 0.717) is 25.2 Å². The monoisotopic (exact) mass is 322 g/mol. The number of hydrogen-bond donors (Lipinski definition) is 3. The Balaban J connectivity index is 2.14. The fourth-order valence-corrected chi connectivity index (χ4v) is 2.39. The number of piperazine rings is 1. The molecule has 2 heterocycles. The van der Waals surface area contributed by atoms with Gasteiger partial charge in [-0.1, -0.05) is 18.5 Å². The minimum Gasteiger partial charge on any atom is -0.506 e. The van der Waals surface area contributed by atoms with Crippen LogP contribution < -0.4 is 5.32 Å². The molecule has 1 aliphatic heterocycles. The summed E-state index contributed by atoms with van der Waals surface area (Å²) >= 11 is 0. The lowest BCUT2D eigenvalue weighted by atomic mass is 10.1. The number of ether oxygens (including phenoxy) is 1. The van der Waals surface area contributed by atoms with Gasteiger partial charge in [-0.05, 0) is 18.6 Å². The van der Waals surface area contributed by atoms with Crippen LogP contribution in [0.4, 0.5) is 4.79 Å². The lowest BCUT2D eigenvalue weighted by molar-refractivity contribution is 0.0531. The molecule has 1 aromatic rings. The van der Waals surface area contributed by atoms with Crippen LogP contribution in [0.1, 0.15) is 37.3 Å². The van der Waals surface area contributed by atoms with E-state index in [1.54, 1.807) is 11.0 Å². The first kappa shape index (κ1) is 17.0. The minimum atomic E-state index is -0.506. The van der Waals surface area contributed by atoms with Gasteiger partial charge in [-0.2, -0.15) is 0 Å². The van der Waals surface area contributed by atoms with Crippen LogP contribution in [0.25, 0.3) is 0 Å². The number of pyridine rings is 1. The van der Waals surface area contributed by atoms with Crippen molar-refractivity contribution >= 4 is 12.3 Å². The zero-order chi connectivity index (χ0) is 16.7. The first-order chi connectivity index (χ1) is 11.2. The van der Waals surface area contributed by atoms with Crippen molar-refractivity contribution in [1.29, 1.82) is 0 Å². The second-order valence-electron chi connectivity index (χ2n) is 5.28. The molecule has 0 spiro atoms. The standard InChI is InChI=1S/C15H22N4O4/c1-2-3-14(23-15(21)19-8-6-16-7-9-19)11-4-5-13(20)12(18-11)10-17-22/h4-5,10,14,16,20,22H,2-3,6-9H2,1H3/b17-10+. The van der Waals surface area contributed by atoms with Crippen LogP contribution in [0.15, 0.2) is 17.3 Å². The first-order valence-electron chi connectivity index (χ1n) is 7.69. The Morgan fingerprint density at radius 3 is 2.91 bits per heavy atom. The average molecular weight is 322 g/mol. The molecule has 0 bridgehead atoms. The van der Waals surface area contributed by atoms with Crippen molar-refractivity contribution in [3.63, 3.8) is 0 Å². The van der Waals surface area contributed by atoms with Crippen molar-refractivity contribution in [3.8, 4) is 5.75 Å². The molecule has 8 heteroatoms. The third kappa shape index (κ3) is 4.56. The number of aromatic nitrogens is 1. The molecule has 1 atom stereocenters. The van der Waals surface area contributed by atoms with E-state index < -0.39 is 6.10 Å². The third-order valence-corrected chi connectivity index (χ3v) is 3.60. The van der Waals surface area contributed by atoms with Gasteiger partial charge in [0.15, 0.2) is 0 Å². The third-order valence-electron chi connectivity index (χ3n) is 3.60. The second kappa shape index (κ2) is 8.33. The van der Waals surface area contributed by atoms with Gasteiger partial charge in [0.05, 0.1) is 11.9 Å². The Kier molecular flexibility index (Phi) is 6.16. The largest absolute Gasteiger partial charge is 0.506 e. The summed E-state index contributed by atoms with van der Waals surface area (Å²) in [6.07, 6.45) is 1.60. The van der Waals surface area contributed by atoms with E-state index in [-0.39, 0.29) is 17.5 Å². The number of amides is 1. The van der Waals surface area contributed by atoms with E-state index in [2.05, 4.69) is 15.5 Å². The van der Waals surface area contributed by atoms with E-state index in [1.807, 2.05) is 6.92 Å². The van der Waals surface area contributed by atoms with Gasteiger partial charge in [0, 0.05) is 26.2 Å². The molecule has 1 aromatic heterocycles. The van der Waals surface area contributed by atoms with Crippen molar-refractivity contribution in [2.45, 2.75) is 25.9 Å². The van der Waals surface area contributed by atoms with Crippen LogP contribution >= 0.6 is 0 Å². The van der Waals surface area contributed by atoms with Gasteiger partial charge in [-0.3, -0.25) is 0 Å². The number of aromatic hydroxyl groups is 1. The van der Waals surface area contributed by atoms with Crippen LogP contribution in [0.3, 0.4) is 0 Å². The van der Waals surface area contributed by atoms with E-state index in [1.165, 1.54) is 6.07 Å². The Morgan fingerprint density at radius 2 is 2.26 bits per heavy atom. The molecule has 1 amide bonds. The molecule has 3 N–H and O–H groups in total. The molecule has 0 saturated carbocycles. The van der Waals surface area contributed by atoms with Crippen LogP contribution in [0, 0.1) is 0 Å². The average Bonchev–Trinajstić information content (AvgIpc) is 2.57. The number of carbonyl (C=O) groups excluding carboxylic acids is 1. The molecule has 0 aromatic carbocycles. The smallest absolute Gasteiger partial charge is 0.410 e. The van der Waals surface area contributed by atoms with Crippen LogP contribution in [-0.4, -0.2) is 58.7 Å². The first-order valence-corrected chi connectivity index (χ1v) is 7.69. The molecule has 23 heavy (non-hydrogen) atoms. The number of rotatable bonds is 5. The lowest BCUT2D eigenvalue weighted by Gasteiger charge is -2.28. The zero-order valence-corrected chi connectivity index (χ0v) is 13.1. The van der Waals surface area contributed by atoms with Crippen molar-refractivity contribution in [1.82, 2.24) is 15.2 Å². The van der Waals surface area contributed by atoms with Gasteiger partial charge in [0.25, 0.3) is 0 Å². The Hall–Kier alpha value is -2.35. The summed E-state index contributed by atoms with van der Waals surface area (Å²) in [5.41, 5.74) is 0.646. The summed E-state index contributed by atoms with van der Waals surface area (Å²) in [4.78, 5) is 18.1. The quantitative estimate of drug-likeness (QED) is 0.430. The number of hydrogen-bond acceptors (Lipinski definition) is 7. The fourth-order valence-electron chi connectivity index (χ4n) is 2.39. The van der Waals surface area contributed by atoms with Crippen molar-refractivity contribution in [2.75, 3.05) is 26.2 Å². The Morgan fingerprint density at radius 1 is 1.52 bits per heavy atom. The fraction of sp³-hybridized carbons (Fsp3) is 0.533. The molecule has 0 aliphatic carbocycles. The van der Waals surface area contributed by atoms with Crippen molar-refractivity contribution < 1.29 is 19.8 Å². The van der Waals surface area contributed by atoms with Crippen molar-refractivity contribution in [2.24, 2.45) is 5.16 Å². The summed E-state index contributed by atoms with van der Waals surface area (Å²) in [7, 11) is 0. The maximum absolute atomic E-state index is 12.3. The molecule has 1 aliphatic rings. The van der Waals surface area contributed by atoms with E-state index in [4.69, 9.17) is 9.94 Å². The summed E-state index contributed by atoms with van der Waals surface area (Å²) in [5, 5.41) is 24.3. The van der Waals surface area contributed by atoms with Crippen LogP contribution in [0.2, 0.25) is 0 Å². The van der Waals surface area contributed by atoms with Gasteiger partial charge >= 0.3 is 6.09 Å². The predicted octanol–water partition coefficient (Wildman–Crippen LogP) is 1.48. The lowest BCUT2D eigenvalue weighted by Crippen LogP contribution is -2.46. The molecule has 8 nitrogen and oxygen atoms in total. The number of oxime groups is 1. The number of nitrogens with zero attached hydrogens (tertiary/aromatic N) is 3. The Labute approximate surface area is 134 Å². The molecule has 1 fully saturated rings. The maximum atomic E-state index is 12.3. The van der Waals surface area contributed by atoms with Gasteiger partial charge < -0.3 is 25.3 Å². The molecule has 0 radical (unpaired) electrons. The highest BCUT2D eigenvalue weighted by atomic mass is 16.6. The molecular weight excluding hydrogens is 300 g/mol. The maximum Gasteiger partial charge on any atom is 0.410 e. The summed E-state index contributed by atoms with van der Waals surface area (Å²) in [6, 6.07) is 3.05. The van der Waals surface area contributed by atoms with Crippen LogP contribution in [-0.2, 0) is 4.74 Å². The van der Waals surface area contributed by atoms with Crippen LogP contribution in [0.5, 0.6) is 5.75 Å². The van der Waals surface area contributed by atoms with E-state index in [0.717, 1.165) is 25.7 Å². The molecule has 2 rings (SSSR count). The summed E-state index contributed by atoms with van der Waals surface area (Å²) in [6.45, 7) is 4.72. The zero-order valence-electron chi connectivity index (χ0n) is 13.1. The molecule has 1 unspecified atom stereocenters. The summed E-state index contributed by atoms with van der Waals surface area (Å²) < 4.78 is 5.60. The highest BCUT2D eigenvalue weighted by Crippen LogP contribution is 2.25. The molecule has 126 valence electrons. The van der Waals surface area contributed by atoms with Crippen molar-refractivity contribution in [3.05, 3.63) is 23.5 Å². The van der Waals surface area contributed by atoms with E-state index in [9.17, 15) is 9.90 Å². The van der Waals surface area contributed by atoms with Gasteiger partial charge in [-0.15, -0.1) is 0 Å². The second-order valence-corrected chi connectivity index (χ2v) is 5.28. The van der Waals surface area contributed by atoms with E-state index >= 15 is 0 Å². The molecular formula is C15H22N4O4. The number of nitrogens with one attached hydrogen (secondary N) is 1. The van der Waals surface area contributed by atoms with Gasteiger partial charge in [0.1, 0.15) is 17.5 Å². The SMILES string of the molecule is CCCC(OC(=O)N1CCNCC1)c1ccc(O)c(/C=N/O)n1. The van der Waals surface area contributed by atoms with Gasteiger partial charge in [0.2, 0.25) is 0 Å². The minimum absolute atomic E-state index is 0.102. The topological polar surface area (TPSA) is 107 Å². The van der Waals surface area contributed by atoms with Gasteiger partial charge in [-0.25, -0.2) is 9.78 Å². The normalized spacial score (nSPS) is 16.5. The highest BCUT2D eigenvalue weighted by Gasteiger charge is 2.23. The Bertz CT molecular complexity index is 558. The predicted molar refractivity (Wildman–Crippen MR) is 83.9 cm³/mol. The number of carbonyl (C=O) groups is 1. The summed E-state index contributed by atoms with van der Waals surface area (Å²) in [5.74, 6) is -0.102. The highest BCUT2D eigenvalue weighted by molar-refractivity contribution is 5.80.